The van der Waals surface area contributed by atoms with Gasteiger partial charge in [-0.2, -0.15) is 4.39 Å². The standard InChI is InChI=1S/C29H34F4O2/c1-3-4-18-6-8-19(9-7-18)23-15-16-24(28(33)27(23)32)35-29(34)21-12-10-20(11-13-21)22-14-5-17(2)25(30)26(22)31/h10,12,14-21H,3-9,11,13H2,1-2H3. The first-order valence-electron chi connectivity index (χ1n) is 12.9. The van der Waals surface area contributed by atoms with Crippen LogP contribution in [0.1, 0.15) is 83.1 Å². The minimum atomic E-state index is -1.13. The Labute approximate surface area is 205 Å². The van der Waals surface area contributed by atoms with E-state index in [1.54, 1.807) is 31.2 Å². The molecule has 0 spiro atoms. The molecule has 3 aliphatic rings. The van der Waals surface area contributed by atoms with Gasteiger partial charge in [-0.3, -0.25) is 4.79 Å². The Bertz CT molecular complexity index is 1030. The van der Waals surface area contributed by atoms with Gasteiger partial charge in [0.1, 0.15) is 5.83 Å². The zero-order valence-electron chi connectivity index (χ0n) is 20.5. The molecule has 1 fully saturated rings. The van der Waals surface area contributed by atoms with Crippen LogP contribution in [0.4, 0.5) is 17.6 Å². The van der Waals surface area contributed by atoms with Crippen molar-refractivity contribution in [3.8, 4) is 5.75 Å². The molecule has 2 nitrogen and oxygen atoms in total. The summed E-state index contributed by atoms with van der Waals surface area (Å²) >= 11 is 0. The van der Waals surface area contributed by atoms with Crippen LogP contribution in [0.15, 0.2) is 47.6 Å². The van der Waals surface area contributed by atoms with Crippen LogP contribution in [0.2, 0.25) is 0 Å². The topological polar surface area (TPSA) is 26.3 Å². The molecule has 4 rings (SSSR count). The number of hydrogen-bond acceptors (Lipinski definition) is 2. The number of hydrogen-bond donors (Lipinski definition) is 0. The zero-order chi connectivity index (χ0) is 25.1. The number of carbonyl (C=O) groups is 1. The summed E-state index contributed by atoms with van der Waals surface area (Å²) in [5.41, 5.74) is 0.672. The fraction of sp³-hybridized carbons (Fsp3) is 0.552. The van der Waals surface area contributed by atoms with E-state index in [2.05, 4.69) is 6.92 Å². The average Bonchev–Trinajstić information content (AvgIpc) is 2.86. The van der Waals surface area contributed by atoms with Gasteiger partial charge in [-0.05, 0) is 74.0 Å². The second-order valence-electron chi connectivity index (χ2n) is 10.3. The lowest BCUT2D eigenvalue weighted by molar-refractivity contribution is -0.137. The van der Waals surface area contributed by atoms with Gasteiger partial charge in [0.25, 0.3) is 0 Å². The third kappa shape index (κ3) is 5.57. The molecule has 0 radical (unpaired) electrons. The summed E-state index contributed by atoms with van der Waals surface area (Å²) in [6, 6.07) is 2.88. The van der Waals surface area contributed by atoms with Crippen molar-refractivity contribution in [3.63, 3.8) is 0 Å². The molecule has 1 aromatic carbocycles. The summed E-state index contributed by atoms with van der Waals surface area (Å²) in [5.74, 6) is -5.49. The summed E-state index contributed by atoms with van der Waals surface area (Å²) in [4.78, 5) is 12.6. The summed E-state index contributed by atoms with van der Waals surface area (Å²) in [6.45, 7) is 3.80. The van der Waals surface area contributed by atoms with Crippen LogP contribution >= 0.6 is 0 Å². The molecule has 6 heteroatoms. The minimum absolute atomic E-state index is 0.0167. The number of allylic oxidation sites excluding steroid dienone is 5. The van der Waals surface area contributed by atoms with E-state index >= 15 is 0 Å². The number of rotatable bonds is 6. The lowest BCUT2D eigenvalue weighted by Crippen LogP contribution is -2.24. The van der Waals surface area contributed by atoms with Crippen LogP contribution in [0.5, 0.6) is 5.75 Å². The molecule has 0 N–H and O–H groups in total. The van der Waals surface area contributed by atoms with E-state index in [4.69, 9.17) is 4.74 Å². The van der Waals surface area contributed by atoms with Gasteiger partial charge >= 0.3 is 5.97 Å². The SMILES string of the molecule is CCCC1CCC(c2ccc(OC(=O)C3C=CC(C4=CCC(C)C(F)=C4F)CC3)c(F)c2F)CC1. The predicted octanol–water partition coefficient (Wildman–Crippen LogP) is 8.64. The van der Waals surface area contributed by atoms with Gasteiger partial charge in [-0.25, -0.2) is 13.2 Å². The molecular formula is C29H34F4O2. The van der Waals surface area contributed by atoms with Crippen molar-refractivity contribution in [2.45, 2.75) is 77.6 Å². The van der Waals surface area contributed by atoms with Crippen LogP contribution in [0.3, 0.4) is 0 Å². The maximum atomic E-state index is 14.9. The predicted molar refractivity (Wildman–Crippen MR) is 128 cm³/mol. The quantitative estimate of drug-likeness (QED) is 0.173. The number of esters is 1. The van der Waals surface area contributed by atoms with Crippen molar-refractivity contribution in [2.24, 2.45) is 23.7 Å². The summed E-state index contributed by atoms with van der Waals surface area (Å²) in [5, 5.41) is 0. The number of carbonyl (C=O) groups excluding carboxylic acids is 1. The monoisotopic (exact) mass is 490 g/mol. The van der Waals surface area contributed by atoms with E-state index in [1.165, 1.54) is 12.5 Å². The lowest BCUT2D eigenvalue weighted by atomic mass is 9.77. The average molecular weight is 491 g/mol. The second kappa shape index (κ2) is 11.1. The van der Waals surface area contributed by atoms with E-state index in [9.17, 15) is 22.4 Å². The Morgan fingerprint density at radius 3 is 2.37 bits per heavy atom. The summed E-state index contributed by atoms with van der Waals surface area (Å²) in [6.07, 6.45) is 12.2. The van der Waals surface area contributed by atoms with Crippen molar-refractivity contribution < 1.29 is 27.1 Å². The molecule has 0 bridgehead atoms. The molecular weight excluding hydrogens is 456 g/mol. The molecule has 0 aliphatic heterocycles. The van der Waals surface area contributed by atoms with Crippen LogP contribution in [-0.4, -0.2) is 5.97 Å². The Morgan fingerprint density at radius 2 is 1.71 bits per heavy atom. The molecule has 0 aromatic heterocycles. The highest BCUT2D eigenvalue weighted by Crippen LogP contribution is 2.41. The Hall–Kier alpha value is -2.37. The minimum Gasteiger partial charge on any atom is -0.423 e. The first-order valence-corrected chi connectivity index (χ1v) is 12.9. The maximum absolute atomic E-state index is 14.9. The largest absolute Gasteiger partial charge is 0.423 e. The highest BCUT2D eigenvalue weighted by Gasteiger charge is 2.31. The number of benzene rings is 1. The van der Waals surface area contributed by atoms with Gasteiger partial charge in [0.2, 0.25) is 5.82 Å². The Morgan fingerprint density at radius 1 is 0.971 bits per heavy atom. The van der Waals surface area contributed by atoms with E-state index in [0.717, 1.165) is 32.1 Å². The maximum Gasteiger partial charge on any atom is 0.318 e. The molecule has 3 aliphatic carbocycles. The zero-order valence-corrected chi connectivity index (χ0v) is 20.5. The fourth-order valence-corrected chi connectivity index (χ4v) is 5.74. The van der Waals surface area contributed by atoms with E-state index in [1.807, 2.05) is 0 Å². The van der Waals surface area contributed by atoms with Gasteiger partial charge in [0, 0.05) is 11.8 Å². The van der Waals surface area contributed by atoms with E-state index < -0.39 is 46.8 Å². The van der Waals surface area contributed by atoms with Crippen molar-refractivity contribution in [2.75, 3.05) is 0 Å². The van der Waals surface area contributed by atoms with Crippen LogP contribution < -0.4 is 4.74 Å². The lowest BCUT2D eigenvalue weighted by Gasteiger charge is -2.29. The first kappa shape index (κ1) is 25.7. The second-order valence-corrected chi connectivity index (χ2v) is 10.3. The fourth-order valence-electron chi connectivity index (χ4n) is 5.74. The van der Waals surface area contributed by atoms with Crippen molar-refractivity contribution in [3.05, 3.63) is 64.8 Å². The van der Waals surface area contributed by atoms with Gasteiger partial charge in [0.15, 0.2) is 17.4 Å². The van der Waals surface area contributed by atoms with E-state index in [-0.39, 0.29) is 11.8 Å². The summed E-state index contributed by atoms with van der Waals surface area (Å²) < 4.78 is 63.3. The van der Waals surface area contributed by atoms with Crippen LogP contribution in [0.25, 0.3) is 0 Å². The third-order valence-electron chi connectivity index (χ3n) is 7.92. The van der Waals surface area contributed by atoms with Gasteiger partial charge in [-0.1, -0.05) is 51.0 Å². The van der Waals surface area contributed by atoms with Gasteiger partial charge in [0.05, 0.1) is 5.92 Å². The highest BCUT2D eigenvalue weighted by molar-refractivity contribution is 5.77. The Kier molecular flexibility index (Phi) is 8.18. The number of halogens is 4. The van der Waals surface area contributed by atoms with Gasteiger partial charge < -0.3 is 4.74 Å². The van der Waals surface area contributed by atoms with E-state index in [0.29, 0.717) is 36.3 Å². The highest BCUT2D eigenvalue weighted by atomic mass is 19.2. The molecule has 1 saturated carbocycles. The smallest absolute Gasteiger partial charge is 0.318 e. The molecule has 1 aromatic rings. The Balaban J connectivity index is 1.38. The third-order valence-corrected chi connectivity index (χ3v) is 7.92. The molecule has 0 heterocycles. The first-order chi connectivity index (χ1) is 16.8. The van der Waals surface area contributed by atoms with Crippen LogP contribution in [0, 0.1) is 35.3 Å². The molecule has 0 saturated heterocycles. The number of ether oxygens (including phenoxy) is 1. The molecule has 0 amide bonds. The molecule has 190 valence electrons. The molecule has 35 heavy (non-hydrogen) atoms. The van der Waals surface area contributed by atoms with Crippen molar-refractivity contribution >= 4 is 5.97 Å². The van der Waals surface area contributed by atoms with Gasteiger partial charge in [-0.15, -0.1) is 0 Å². The van der Waals surface area contributed by atoms with Crippen molar-refractivity contribution in [1.29, 1.82) is 0 Å². The molecule has 3 unspecified atom stereocenters. The molecule has 3 atom stereocenters. The summed E-state index contributed by atoms with van der Waals surface area (Å²) in [7, 11) is 0. The van der Waals surface area contributed by atoms with Crippen molar-refractivity contribution in [1.82, 2.24) is 0 Å². The van der Waals surface area contributed by atoms with Crippen LogP contribution in [-0.2, 0) is 4.79 Å². The normalized spacial score (nSPS) is 29.2.